The Bertz CT molecular complexity index is 1260. The smallest absolute Gasteiger partial charge is 0.345 e. The monoisotopic (exact) mass is 410 g/mol. The molecule has 4 aromatic carbocycles. The van der Waals surface area contributed by atoms with E-state index < -0.39 is 11.8 Å². The van der Waals surface area contributed by atoms with Crippen LogP contribution >= 0.6 is 0 Å². The Balaban J connectivity index is 1.74. The van der Waals surface area contributed by atoms with E-state index in [1.54, 1.807) is 13.8 Å². The van der Waals surface area contributed by atoms with E-state index >= 15 is 0 Å². The maximum absolute atomic E-state index is 13.1. The summed E-state index contributed by atoms with van der Waals surface area (Å²) in [4.78, 5) is 13.1. The van der Waals surface area contributed by atoms with Crippen LogP contribution in [0.25, 0.3) is 21.9 Å². The highest BCUT2D eigenvalue weighted by Crippen LogP contribution is 2.45. The van der Waals surface area contributed by atoms with E-state index in [0.717, 1.165) is 27.5 Å². The van der Waals surface area contributed by atoms with Crippen LogP contribution in [0.15, 0.2) is 84.9 Å². The first-order chi connectivity index (χ1) is 15.0. The zero-order chi connectivity index (χ0) is 21.4. The number of hydrogen-bond acceptors (Lipinski definition) is 4. The molecule has 0 N–H and O–H groups in total. The van der Waals surface area contributed by atoms with Crippen molar-refractivity contribution in [2.24, 2.45) is 0 Å². The SMILES string of the molecule is CC1(C)OC(=O)c2c(cc3cccc(OCc4ccccc4)c3c2-c2ccccc2)O1. The molecule has 4 aromatic rings. The van der Waals surface area contributed by atoms with Crippen LogP contribution in [0.1, 0.15) is 29.8 Å². The van der Waals surface area contributed by atoms with Crippen LogP contribution in [-0.4, -0.2) is 11.8 Å². The van der Waals surface area contributed by atoms with Gasteiger partial charge in [0.1, 0.15) is 23.7 Å². The Morgan fingerprint density at radius 1 is 0.806 bits per heavy atom. The summed E-state index contributed by atoms with van der Waals surface area (Å²) in [6.07, 6.45) is 0. The second kappa shape index (κ2) is 7.47. The molecule has 1 aliphatic heterocycles. The Kier molecular flexibility index (Phi) is 4.63. The van der Waals surface area contributed by atoms with Gasteiger partial charge in [-0.25, -0.2) is 4.79 Å². The van der Waals surface area contributed by atoms with Crippen molar-refractivity contribution in [1.82, 2.24) is 0 Å². The maximum atomic E-state index is 13.1. The van der Waals surface area contributed by atoms with E-state index in [2.05, 4.69) is 0 Å². The average molecular weight is 410 g/mol. The maximum Gasteiger partial charge on any atom is 0.345 e. The molecule has 0 saturated heterocycles. The van der Waals surface area contributed by atoms with Gasteiger partial charge >= 0.3 is 5.97 Å². The number of cyclic esters (lactones) is 1. The summed E-state index contributed by atoms with van der Waals surface area (Å²) < 4.78 is 17.9. The summed E-state index contributed by atoms with van der Waals surface area (Å²) in [5.74, 6) is -0.189. The summed E-state index contributed by atoms with van der Waals surface area (Å²) in [6, 6.07) is 27.6. The van der Waals surface area contributed by atoms with E-state index in [-0.39, 0.29) is 0 Å². The Hall–Kier alpha value is -3.79. The second-order valence-corrected chi connectivity index (χ2v) is 8.01. The first-order valence-electron chi connectivity index (χ1n) is 10.3. The van der Waals surface area contributed by atoms with Crippen molar-refractivity contribution in [3.63, 3.8) is 0 Å². The first kappa shape index (κ1) is 19.2. The van der Waals surface area contributed by atoms with E-state index in [1.807, 2.05) is 84.9 Å². The van der Waals surface area contributed by atoms with E-state index in [1.165, 1.54) is 0 Å². The fourth-order valence-corrected chi connectivity index (χ4v) is 3.99. The van der Waals surface area contributed by atoms with Gasteiger partial charge in [0.2, 0.25) is 5.79 Å². The number of benzene rings is 4. The Morgan fingerprint density at radius 3 is 2.26 bits per heavy atom. The van der Waals surface area contributed by atoms with Crippen LogP contribution in [0.2, 0.25) is 0 Å². The topological polar surface area (TPSA) is 44.8 Å². The van der Waals surface area contributed by atoms with Gasteiger partial charge in [0, 0.05) is 24.8 Å². The number of carbonyl (C=O) groups is 1. The van der Waals surface area contributed by atoms with Gasteiger partial charge < -0.3 is 14.2 Å². The lowest BCUT2D eigenvalue weighted by molar-refractivity contribution is -0.127. The molecule has 0 atom stereocenters. The van der Waals surface area contributed by atoms with Crippen molar-refractivity contribution >= 4 is 16.7 Å². The molecule has 0 fully saturated rings. The molecular formula is C27H22O4. The minimum atomic E-state index is -1.02. The molecule has 0 aromatic heterocycles. The summed E-state index contributed by atoms with van der Waals surface area (Å²) in [5, 5.41) is 1.80. The quantitative estimate of drug-likeness (QED) is 0.367. The number of fused-ring (bicyclic) bond motifs is 2. The van der Waals surface area contributed by atoms with Crippen molar-refractivity contribution < 1.29 is 19.0 Å². The molecule has 154 valence electrons. The largest absolute Gasteiger partial charge is 0.488 e. The molecule has 5 rings (SSSR count). The van der Waals surface area contributed by atoms with E-state index in [0.29, 0.717) is 23.7 Å². The molecule has 1 aliphatic rings. The predicted molar refractivity (Wildman–Crippen MR) is 120 cm³/mol. The molecule has 0 unspecified atom stereocenters. The third-order valence-corrected chi connectivity index (χ3v) is 5.29. The third-order valence-electron chi connectivity index (χ3n) is 5.29. The molecule has 0 aliphatic carbocycles. The molecule has 4 nitrogen and oxygen atoms in total. The highest BCUT2D eigenvalue weighted by molar-refractivity contribution is 6.13. The van der Waals surface area contributed by atoms with Gasteiger partial charge in [0.15, 0.2) is 0 Å². The molecule has 0 radical (unpaired) electrons. The number of rotatable bonds is 4. The molecule has 0 spiro atoms. The van der Waals surface area contributed by atoms with Crippen molar-refractivity contribution in [3.8, 4) is 22.6 Å². The van der Waals surface area contributed by atoms with Gasteiger partial charge in [-0.1, -0.05) is 72.8 Å². The Morgan fingerprint density at radius 2 is 1.52 bits per heavy atom. The molecule has 1 heterocycles. The van der Waals surface area contributed by atoms with Gasteiger partial charge in [0.05, 0.1) is 0 Å². The van der Waals surface area contributed by atoms with Crippen molar-refractivity contribution in [2.45, 2.75) is 26.2 Å². The highest BCUT2D eigenvalue weighted by atomic mass is 16.7. The molecule has 4 heteroatoms. The lowest BCUT2D eigenvalue weighted by Gasteiger charge is -2.33. The first-order valence-corrected chi connectivity index (χ1v) is 10.3. The summed E-state index contributed by atoms with van der Waals surface area (Å²) in [7, 11) is 0. The number of ether oxygens (including phenoxy) is 3. The third kappa shape index (κ3) is 3.61. The second-order valence-electron chi connectivity index (χ2n) is 8.01. The number of hydrogen-bond donors (Lipinski definition) is 0. The van der Waals surface area contributed by atoms with Crippen LogP contribution in [0.4, 0.5) is 0 Å². The standard InChI is InChI=1S/C27H22O4/c1-27(2)30-22-16-20-14-9-15-21(29-17-18-10-5-3-6-11-18)23(20)24(25(22)26(28)31-27)19-12-7-4-8-13-19/h3-16H,17H2,1-2H3. The van der Waals surface area contributed by atoms with Gasteiger partial charge in [0.25, 0.3) is 0 Å². The summed E-state index contributed by atoms with van der Waals surface area (Å²) in [5.41, 5.74) is 3.16. The van der Waals surface area contributed by atoms with Crippen molar-refractivity contribution in [2.75, 3.05) is 0 Å². The van der Waals surface area contributed by atoms with Gasteiger partial charge in [-0.3, -0.25) is 0 Å². The van der Waals surface area contributed by atoms with E-state index in [9.17, 15) is 4.79 Å². The normalized spacial score (nSPS) is 14.5. The zero-order valence-corrected chi connectivity index (χ0v) is 17.4. The van der Waals surface area contributed by atoms with Crippen LogP contribution in [0, 0.1) is 0 Å². The van der Waals surface area contributed by atoms with Crippen LogP contribution in [-0.2, 0) is 11.3 Å². The predicted octanol–water partition coefficient (Wildman–Crippen LogP) is 6.37. The van der Waals surface area contributed by atoms with Crippen LogP contribution in [0.5, 0.6) is 11.5 Å². The molecule has 31 heavy (non-hydrogen) atoms. The minimum absolute atomic E-state index is 0.398. The lowest BCUT2D eigenvalue weighted by atomic mass is 9.91. The highest BCUT2D eigenvalue weighted by Gasteiger charge is 2.37. The molecule has 0 bridgehead atoms. The van der Waals surface area contributed by atoms with Crippen molar-refractivity contribution in [1.29, 1.82) is 0 Å². The summed E-state index contributed by atoms with van der Waals surface area (Å²) in [6.45, 7) is 3.90. The average Bonchev–Trinajstić information content (AvgIpc) is 2.76. The zero-order valence-electron chi connectivity index (χ0n) is 17.4. The fourth-order valence-electron chi connectivity index (χ4n) is 3.99. The van der Waals surface area contributed by atoms with Crippen molar-refractivity contribution in [3.05, 3.63) is 96.1 Å². The molecule has 0 amide bonds. The van der Waals surface area contributed by atoms with Crippen LogP contribution in [0.3, 0.4) is 0 Å². The lowest BCUT2D eigenvalue weighted by Crippen LogP contribution is -2.39. The molecule has 0 saturated carbocycles. The van der Waals surface area contributed by atoms with Gasteiger partial charge in [-0.2, -0.15) is 0 Å². The van der Waals surface area contributed by atoms with Crippen LogP contribution < -0.4 is 9.47 Å². The van der Waals surface area contributed by atoms with Gasteiger partial charge in [-0.15, -0.1) is 0 Å². The van der Waals surface area contributed by atoms with E-state index in [4.69, 9.17) is 14.2 Å². The van der Waals surface area contributed by atoms with Gasteiger partial charge in [-0.05, 0) is 28.6 Å². The fraction of sp³-hybridized carbons (Fsp3) is 0.148. The molecular weight excluding hydrogens is 388 g/mol. The Labute approximate surface area is 181 Å². The minimum Gasteiger partial charge on any atom is -0.488 e. The number of esters is 1. The summed E-state index contributed by atoms with van der Waals surface area (Å²) >= 11 is 0. The number of carbonyl (C=O) groups excluding carboxylic acids is 1.